The Balaban J connectivity index is 1.14. The monoisotopic (exact) mass is 739 g/mol. The summed E-state index contributed by atoms with van der Waals surface area (Å²) in [6.45, 7) is 0. The van der Waals surface area contributed by atoms with Crippen molar-refractivity contribution in [2.75, 3.05) is 0 Å². The first kappa shape index (κ1) is 34.4. The maximum atomic E-state index is 10.2. The normalized spacial score (nSPS) is 11.1. The fourth-order valence-electron chi connectivity index (χ4n) is 7.67. The second kappa shape index (κ2) is 14.9. The van der Waals surface area contributed by atoms with Crippen LogP contribution in [-0.4, -0.2) is 19.9 Å². The lowest BCUT2D eigenvalue weighted by Crippen LogP contribution is -1.95. The summed E-state index contributed by atoms with van der Waals surface area (Å²) in [7, 11) is 0. The molecule has 0 atom stereocenters. The average Bonchev–Trinajstić information content (AvgIpc) is 3.31. The molecule has 10 rings (SSSR count). The molecule has 2 aromatic heterocycles. The molecule has 0 saturated heterocycles. The first-order valence-corrected chi connectivity index (χ1v) is 19.2. The molecule has 0 aliphatic heterocycles. The SMILES string of the molecule is N#Cc1ccccc1-c1cc(-c2cccc(-c3nc(-c4ccccc4)nc4ccccc34)c2)cc(-c2cccc(-c3nc(-c4ccccc4)nc4ccccc34)c2)c1. The standard InChI is InChI=1S/C53H33N5/c54-34-41-19-7-8-24-45(41)44-32-42(37-20-13-22-39(29-37)50-46-25-9-11-27-48(46)55-52(57-50)35-15-3-1-4-16-35)31-43(33-44)38-21-14-23-40(30-38)51-47-26-10-12-28-49(47)56-53(58-51)36-17-5-2-6-18-36/h1-33H. The molecule has 0 amide bonds. The van der Waals surface area contributed by atoms with Gasteiger partial charge in [-0.15, -0.1) is 0 Å². The fourth-order valence-corrected chi connectivity index (χ4v) is 7.67. The van der Waals surface area contributed by atoms with E-state index in [9.17, 15) is 5.26 Å². The van der Waals surface area contributed by atoms with E-state index in [0.717, 1.165) is 88.8 Å². The Hall–Kier alpha value is -8.07. The molecule has 0 aliphatic carbocycles. The first-order valence-electron chi connectivity index (χ1n) is 19.2. The Kier molecular flexibility index (Phi) is 8.83. The third-order valence-electron chi connectivity index (χ3n) is 10.5. The van der Waals surface area contributed by atoms with Crippen molar-refractivity contribution in [2.24, 2.45) is 0 Å². The molecule has 0 spiro atoms. The number of hydrogen-bond donors (Lipinski definition) is 0. The number of aromatic nitrogens is 4. The summed E-state index contributed by atoms with van der Waals surface area (Å²) < 4.78 is 0. The van der Waals surface area contributed by atoms with Crippen molar-refractivity contribution in [2.45, 2.75) is 0 Å². The molecule has 270 valence electrons. The van der Waals surface area contributed by atoms with Gasteiger partial charge in [0.15, 0.2) is 11.6 Å². The zero-order valence-corrected chi connectivity index (χ0v) is 31.3. The molecule has 5 heteroatoms. The number of rotatable bonds is 7. The highest BCUT2D eigenvalue weighted by Gasteiger charge is 2.16. The van der Waals surface area contributed by atoms with Gasteiger partial charge >= 0.3 is 0 Å². The van der Waals surface area contributed by atoms with E-state index in [2.05, 4.69) is 84.9 Å². The average molecular weight is 740 g/mol. The number of benzene rings is 8. The van der Waals surface area contributed by atoms with Gasteiger partial charge in [-0.1, -0.05) is 152 Å². The first-order chi connectivity index (χ1) is 28.7. The third kappa shape index (κ3) is 6.55. The summed E-state index contributed by atoms with van der Waals surface area (Å²) >= 11 is 0. The van der Waals surface area contributed by atoms with Crippen molar-refractivity contribution >= 4 is 21.8 Å². The summed E-state index contributed by atoms with van der Waals surface area (Å²) in [5, 5.41) is 12.2. The summed E-state index contributed by atoms with van der Waals surface area (Å²) in [5.74, 6) is 1.37. The highest BCUT2D eigenvalue weighted by molar-refractivity contribution is 5.96. The van der Waals surface area contributed by atoms with Gasteiger partial charge in [0.05, 0.1) is 34.1 Å². The molecule has 0 fully saturated rings. The van der Waals surface area contributed by atoms with Crippen LogP contribution < -0.4 is 0 Å². The maximum absolute atomic E-state index is 10.2. The summed E-state index contributed by atoms with van der Waals surface area (Å²) in [5.41, 5.74) is 14.0. The van der Waals surface area contributed by atoms with Gasteiger partial charge in [-0.25, -0.2) is 19.9 Å². The molecule has 58 heavy (non-hydrogen) atoms. The van der Waals surface area contributed by atoms with E-state index in [1.807, 2.05) is 121 Å². The van der Waals surface area contributed by atoms with Crippen LogP contribution in [-0.2, 0) is 0 Å². The van der Waals surface area contributed by atoms with Crippen LogP contribution in [0.4, 0.5) is 0 Å². The van der Waals surface area contributed by atoms with Crippen molar-refractivity contribution in [1.82, 2.24) is 19.9 Å². The number of hydrogen-bond acceptors (Lipinski definition) is 5. The van der Waals surface area contributed by atoms with E-state index in [1.54, 1.807) is 0 Å². The van der Waals surface area contributed by atoms with E-state index < -0.39 is 0 Å². The predicted molar refractivity (Wildman–Crippen MR) is 235 cm³/mol. The Bertz CT molecular complexity index is 3000. The number of nitrogens with zero attached hydrogens (tertiary/aromatic N) is 5. The van der Waals surface area contributed by atoms with Crippen molar-refractivity contribution < 1.29 is 0 Å². The summed E-state index contributed by atoms with van der Waals surface area (Å²) in [6.07, 6.45) is 0. The lowest BCUT2D eigenvalue weighted by Gasteiger charge is -2.15. The Morgan fingerprint density at radius 3 is 1.22 bits per heavy atom. The number of nitriles is 1. The second-order valence-electron chi connectivity index (χ2n) is 14.2. The van der Waals surface area contributed by atoms with Crippen LogP contribution >= 0.6 is 0 Å². The van der Waals surface area contributed by atoms with E-state index in [1.165, 1.54) is 0 Å². The highest BCUT2D eigenvalue weighted by Crippen LogP contribution is 2.38. The molecule has 0 radical (unpaired) electrons. The van der Waals surface area contributed by atoms with Crippen molar-refractivity contribution in [3.05, 3.63) is 206 Å². The molecular weight excluding hydrogens is 707 g/mol. The minimum atomic E-state index is 0.620. The molecule has 8 aromatic carbocycles. The van der Waals surface area contributed by atoms with Crippen molar-refractivity contribution in [3.63, 3.8) is 0 Å². The molecule has 2 heterocycles. The van der Waals surface area contributed by atoms with Crippen LogP contribution in [0.15, 0.2) is 200 Å². The van der Waals surface area contributed by atoms with Gasteiger partial charge in [-0.3, -0.25) is 0 Å². The minimum absolute atomic E-state index is 0.620. The van der Waals surface area contributed by atoms with Crippen LogP contribution in [0.25, 0.3) is 100 Å². The van der Waals surface area contributed by atoms with Gasteiger partial charge in [0, 0.05) is 33.0 Å². The maximum Gasteiger partial charge on any atom is 0.160 e. The molecular formula is C53H33N5. The van der Waals surface area contributed by atoms with Crippen LogP contribution in [0, 0.1) is 11.3 Å². The van der Waals surface area contributed by atoms with Gasteiger partial charge in [0.1, 0.15) is 0 Å². The van der Waals surface area contributed by atoms with Crippen LogP contribution in [0.5, 0.6) is 0 Å². The molecule has 0 unspecified atom stereocenters. The predicted octanol–water partition coefficient (Wildman–Crippen LogP) is 13.1. The van der Waals surface area contributed by atoms with Crippen LogP contribution in [0.3, 0.4) is 0 Å². The van der Waals surface area contributed by atoms with E-state index in [0.29, 0.717) is 17.2 Å². The van der Waals surface area contributed by atoms with Gasteiger partial charge in [0.2, 0.25) is 0 Å². The van der Waals surface area contributed by atoms with Crippen molar-refractivity contribution in [1.29, 1.82) is 5.26 Å². The third-order valence-corrected chi connectivity index (χ3v) is 10.5. The molecule has 0 saturated carbocycles. The minimum Gasteiger partial charge on any atom is -0.228 e. The lowest BCUT2D eigenvalue weighted by molar-refractivity contribution is 1.23. The van der Waals surface area contributed by atoms with Crippen LogP contribution in [0.1, 0.15) is 5.56 Å². The zero-order valence-electron chi connectivity index (χ0n) is 31.3. The second-order valence-corrected chi connectivity index (χ2v) is 14.2. The van der Waals surface area contributed by atoms with Gasteiger partial charge in [0.25, 0.3) is 0 Å². The van der Waals surface area contributed by atoms with Gasteiger partial charge in [-0.2, -0.15) is 5.26 Å². The smallest absolute Gasteiger partial charge is 0.160 e. The molecule has 0 aliphatic rings. The lowest BCUT2D eigenvalue weighted by atomic mass is 9.90. The Morgan fingerprint density at radius 2 is 0.707 bits per heavy atom. The van der Waals surface area contributed by atoms with Crippen LogP contribution in [0.2, 0.25) is 0 Å². The zero-order chi connectivity index (χ0) is 38.8. The van der Waals surface area contributed by atoms with E-state index >= 15 is 0 Å². The Labute approximate surface area is 336 Å². The van der Waals surface area contributed by atoms with Crippen molar-refractivity contribution in [3.8, 4) is 84.7 Å². The van der Waals surface area contributed by atoms with Gasteiger partial charge < -0.3 is 0 Å². The van der Waals surface area contributed by atoms with E-state index in [4.69, 9.17) is 19.9 Å². The molecule has 0 bridgehead atoms. The number of para-hydroxylation sites is 2. The summed E-state index contributed by atoms with van der Waals surface area (Å²) in [4.78, 5) is 20.2. The van der Waals surface area contributed by atoms with Gasteiger partial charge in [-0.05, 0) is 81.9 Å². The summed E-state index contributed by atoms with van der Waals surface area (Å²) in [6, 6.07) is 70.4. The fraction of sp³-hybridized carbons (Fsp3) is 0. The molecule has 10 aromatic rings. The largest absolute Gasteiger partial charge is 0.228 e. The molecule has 0 N–H and O–H groups in total. The number of fused-ring (bicyclic) bond motifs is 2. The Morgan fingerprint density at radius 1 is 0.310 bits per heavy atom. The highest BCUT2D eigenvalue weighted by atomic mass is 14.9. The quantitative estimate of drug-likeness (QED) is 0.163. The molecule has 5 nitrogen and oxygen atoms in total. The van der Waals surface area contributed by atoms with E-state index in [-0.39, 0.29) is 0 Å². The topological polar surface area (TPSA) is 75.3 Å².